The third kappa shape index (κ3) is 2.25. The van der Waals surface area contributed by atoms with Crippen molar-refractivity contribution in [1.82, 2.24) is 4.72 Å². The summed E-state index contributed by atoms with van der Waals surface area (Å²) in [4.78, 5) is 9.25. The lowest BCUT2D eigenvalue weighted by Gasteiger charge is -2.01. The van der Waals surface area contributed by atoms with Gasteiger partial charge >= 0.3 is 0 Å². The first-order chi connectivity index (χ1) is 6.45. The van der Waals surface area contributed by atoms with E-state index in [4.69, 9.17) is 0 Å². The van der Waals surface area contributed by atoms with Gasteiger partial charge in [-0.05, 0) is 12.1 Å². The molecule has 0 fully saturated rings. The number of halogens is 2. The Morgan fingerprint density at radius 3 is 2.07 bits per heavy atom. The highest BCUT2D eigenvalue weighted by molar-refractivity contribution is 7.90. The van der Waals surface area contributed by atoms with E-state index in [0.717, 1.165) is 0 Å². The van der Waals surface area contributed by atoms with E-state index >= 15 is 0 Å². The van der Waals surface area contributed by atoms with Crippen molar-refractivity contribution < 1.29 is 22.0 Å². The number of rotatable bonds is 3. The summed E-state index contributed by atoms with van der Waals surface area (Å²) in [5, 5.41) is 0. The second-order valence-corrected chi connectivity index (χ2v) is 4.06. The average molecular weight is 221 g/mol. The van der Waals surface area contributed by atoms with Crippen LogP contribution in [0.2, 0.25) is 0 Å². The van der Waals surface area contributed by atoms with Crippen molar-refractivity contribution in [1.29, 1.82) is 0 Å². The summed E-state index contributed by atoms with van der Waals surface area (Å²) in [5.41, 5.74) is 0. The normalized spacial score (nSPS) is 11.0. The first-order valence-corrected chi connectivity index (χ1v) is 4.86. The van der Waals surface area contributed by atoms with Gasteiger partial charge in [0.25, 0.3) is 10.0 Å². The van der Waals surface area contributed by atoms with Gasteiger partial charge in [-0.15, -0.1) is 0 Å². The minimum absolute atomic E-state index is 0.0852. The van der Waals surface area contributed by atoms with Crippen molar-refractivity contribution in [3.05, 3.63) is 29.8 Å². The lowest BCUT2D eigenvalue weighted by molar-refractivity contribution is -0.108. The predicted octanol–water partition coefficient (Wildman–Crippen LogP) is 0.400. The van der Waals surface area contributed by atoms with E-state index in [2.05, 4.69) is 0 Å². The maximum atomic E-state index is 12.6. The number of hydrogen-bond acceptors (Lipinski definition) is 3. The van der Waals surface area contributed by atoms with E-state index in [1.807, 2.05) is 0 Å². The summed E-state index contributed by atoms with van der Waals surface area (Å²) in [6, 6.07) is 1.74. The van der Waals surface area contributed by atoms with E-state index in [0.29, 0.717) is 18.2 Å². The van der Waals surface area contributed by atoms with E-state index in [1.54, 1.807) is 0 Å². The van der Waals surface area contributed by atoms with Gasteiger partial charge in [0.15, 0.2) is 0 Å². The molecule has 0 aliphatic rings. The molecule has 0 spiro atoms. The highest BCUT2D eigenvalue weighted by Crippen LogP contribution is 2.12. The summed E-state index contributed by atoms with van der Waals surface area (Å²) >= 11 is 0. The fourth-order valence-electron chi connectivity index (χ4n) is 0.815. The van der Waals surface area contributed by atoms with Crippen LogP contribution in [0.1, 0.15) is 0 Å². The molecule has 0 aliphatic heterocycles. The summed E-state index contributed by atoms with van der Waals surface area (Å²) in [5.74, 6) is -2.06. The third-order valence-electron chi connectivity index (χ3n) is 1.35. The van der Waals surface area contributed by atoms with Gasteiger partial charge in [0.2, 0.25) is 6.41 Å². The monoisotopic (exact) mass is 221 g/mol. The minimum atomic E-state index is -4.15. The van der Waals surface area contributed by atoms with Crippen molar-refractivity contribution in [2.24, 2.45) is 0 Å². The summed E-state index contributed by atoms with van der Waals surface area (Å²) in [6.45, 7) is 0. The van der Waals surface area contributed by atoms with Crippen molar-refractivity contribution in [2.45, 2.75) is 4.90 Å². The summed E-state index contributed by atoms with van der Waals surface area (Å²) in [7, 11) is -4.15. The molecule has 1 rings (SSSR count). The molecule has 0 unspecified atom stereocenters. The van der Waals surface area contributed by atoms with E-state index in [-0.39, 0.29) is 6.41 Å². The molecule has 1 aromatic rings. The molecule has 14 heavy (non-hydrogen) atoms. The smallest absolute Gasteiger partial charge is 0.264 e. The summed E-state index contributed by atoms with van der Waals surface area (Å²) < 4.78 is 48.7. The lowest BCUT2D eigenvalue weighted by atomic mass is 10.3. The van der Waals surface area contributed by atoms with Crippen molar-refractivity contribution >= 4 is 16.4 Å². The maximum absolute atomic E-state index is 12.6. The zero-order valence-electron chi connectivity index (χ0n) is 6.70. The van der Waals surface area contributed by atoms with Gasteiger partial charge in [0.05, 0.1) is 4.90 Å². The summed E-state index contributed by atoms with van der Waals surface area (Å²) in [6.07, 6.45) is -0.0852. The van der Waals surface area contributed by atoms with Gasteiger partial charge in [-0.2, -0.15) is 0 Å². The average Bonchev–Trinajstić information content (AvgIpc) is 2.02. The Morgan fingerprint density at radius 2 is 1.64 bits per heavy atom. The topological polar surface area (TPSA) is 63.2 Å². The lowest BCUT2D eigenvalue weighted by Crippen LogP contribution is -2.22. The molecule has 7 heteroatoms. The number of benzene rings is 1. The molecular weight excluding hydrogens is 216 g/mol. The van der Waals surface area contributed by atoms with Crippen LogP contribution in [0.3, 0.4) is 0 Å². The second kappa shape index (κ2) is 3.70. The van der Waals surface area contributed by atoms with Crippen LogP contribution in [0.5, 0.6) is 0 Å². The van der Waals surface area contributed by atoms with Crippen LogP contribution < -0.4 is 4.72 Å². The standard InChI is InChI=1S/C7H5F2NO3S/c8-5-1-6(9)3-7(2-5)14(12,13)10-4-11/h1-4H,(H,10,11). The maximum Gasteiger partial charge on any atom is 0.264 e. The predicted molar refractivity (Wildman–Crippen MR) is 42.7 cm³/mol. The van der Waals surface area contributed by atoms with Crippen LogP contribution in [0, 0.1) is 11.6 Å². The molecule has 1 aromatic carbocycles. The van der Waals surface area contributed by atoms with Crippen LogP contribution in [0.25, 0.3) is 0 Å². The molecule has 0 radical (unpaired) electrons. The molecule has 76 valence electrons. The fourth-order valence-corrected chi connectivity index (χ4v) is 1.61. The molecule has 0 saturated carbocycles. The van der Waals surface area contributed by atoms with E-state index in [1.165, 1.54) is 4.72 Å². The quantitative estimate of drug-likeness (QED) is 0.751. The van der Waals surface area contributed by atoms with Crippen LogP contribution in [-0.2, 0) is 14.8 Å². The van der Waals surface area contributed by atoms with E-state index < -0.39 is 26.6 Å². The Morgan fingerprint density at radius 1 is 1.14 bits per heavy atom. The van der Waals surface area contributed by atoms with Gasteiger partial charge in [0.1, 0.15) is 11.6 Å². The van der Waals surface area contributed by atoms with Crippen LogP contribution in [0.4, 0.5) is 8.78 Å². The molecule has 0 bridgehead atoms. The van der Waals surface area contributed by atoms with Gasteiger partial charge < -0.3 is 0 Å². The molecule has 1 amide bonds. The Bertz CT molecular complexity index is 438. The molecule has 0 saturated heterocycles. The number of nitrogens with one attached hydrogen (secondary N) is 1. The molecular formula is C7H5F2NO3S. The first kappa shape index (κ1) is 10.6. The Balaban J connectivity index is 3.26. The molecule has 0 aliphatic carbocycles. The Labute approximate surface area is 78.6 Å². The highest BCUT2D eigenvalue weighted by atomic mass is 32.2. The van der Waals surface area contributed by atoms with Gasteiger partial charge in [-0.1, -0.05) is 0 Å². The SMILES string of the molecule is O=CNS(=O)(=O)c1cc(F)cc(F)c1. The fraction of sp³-hybridized carbons (Fsp3) is 0. The molecule has 0 atom stereocenters. The highest BCUT2D eigenvalue weighted by Gasteiger charge is 2.14. The first-order valence-electron chi connectivity index (χ1n) is 3.38. The molecule has 0 aromatic heterocycles. The van der Waals surface area contributed by atoms with Crippen LogP contribution >= 0.6 is 0 Å². The van der Waals surface area contributed by atoms with Crippen molar-refractivity contribution in [2.75, 3.05) is 0 Å². The minimum Gasteiger partial charge on any atom is -0.278 e. The number of sulfonamides is 1. The van der Waals surface area contributed by atoms with Crippen LogP contribution in [0.15, 0.2) is 23.1 Å². The number of carbonyl (C=O) groups excluding carboxylic acids is 1. The van der Waals surface area contributed by atoms with Gasteiger partial charge in [0, 0.05) is 6.07 Å². The van der Waals surface area contributed by atoms with Crippen molar-refractivity contribution in [3.63, 3.8) is 0 Å². The number of amides is 1. The Kier molecular flexibility index (Phi) is 2.80. The number of hydrogen-bond donors (Lipinski definition) is 1. The van der Waals surface area contributed by atoms with E-state index in [9.17, 15) is 22.0 Å². The second-order valence-electron chi connectivity index (χ2n) is 2.34. The Hall–Kier alpha value is -1.50. The molecule has 1 N–H and O–H groups in total. The largest absolute Gasteiger partial charge is 0.278 e. The molecule has 0 heterocycles. The zero-order chi connectivity index (χ0) is 10.8. The van der Waals surface area contributed by atoms with Gasteiger partial charge in [-0.25, -0.2) is 17.2 Å². The third-order valence-corrected chi connectivity index (χ3v) is 2.61. The molecule has 4 nitrogen and oxygen atoms in total. The van der Waals surface area contributed by atoms with Crippen LogP contribution in [-0.4, -0.2) is 14.8 Å². The van der Waals surface area contributed by atoms with Gasteiger partial charge in [-0.3, -0.25) is 9.52 Å². The van der Waals surface area contributed by atoms with Crippen molar-refractivity contribution in [3.8, 4) is 0 Å². The number of carbonyl (C=O) groups is 1. The zero-order valence-corrected chi connectivity index (χ0v) is 7.51.